The van der Waals surface area contributed by atoms with Crippen LogP contribution in [0.3, 0.4) is 0 Å². The van der Waals surface area contributed by atoms with Gasteiger partial charge in [-0.15, -0.1) is 0 Å². The fraction of sp³-hybridized carbons (Fsp3) is 0.643. The number of rotatable bonds is 2. The molecule has 6 heteroatoms. The molecule has 0 bridgehead atoms. The molecule has 3 rings (SSSR count). The number of piperidine rings is 1. The molecule has 1 aromatic heterocycles. The van der Waals surface area contributed by atoms with Crippen molar-refractivity contribution >= 4 is 17.3 Å². The highest BCUT2D eigenvalue weighted by Gasteiger charge is 2.33. The molecule has 2 N–H and O–H groups in total. The second-order valence-electron chi connectivity index (χ2n) is 5.88. The number of fused-ring (bicyclic) bond motifs is 1. The quantitative estimate of drug-likeness (QED) is 0.663. The van der Waals surface area contributed by atoms with Crippen molar-refractivity contribution in [3.63, 3.8) is 0 Å². The van der Waals surface area contributed by atoms with Crippen molar-refractivity contribution in [3.8, 4) is 0 Å². The van der Waals surface area contributed by atoms with Crippen LogP contribution in [-0.4, -0.2) is 23.0 Å². The van der Waals surface area contributed by atoms with Gasteiger partial charge in [-0.1, -0.05) is 19.3 Å². The Labute approximate surface area is 118 Å². The maximum absolute atomic E-state index is 11.2. The number of pyridine rings is 1. The highest BCUT2D eigenvalue weighted by molar-refractivity contribution is 5.61. The fourth-order valence-corrected chi connectivity index (χ4v) is 3.62. The summed E-state index contributed by atoms with van der Waals surface area (Å²) in [5, 5.41) is 11.2. The summed E-state index contributed by atoms with van der Waals surface area (Å²) in [6.45, 7) is 1.72. The van der Waals surface area contributed by atoms with Gasteiger partial charge in [0, 0.05) is 19.2 Å². The average Bonchev–Trinajstić information content (AvgIpc) is 2.46. The predicted octanol–water partition coefficient (Wildman–Crippen LogP) is 2.59. The van der Waals surface area contributed by atoms with E-state index in [4.69, 9.17) is 5.73 Å². The maximum Gasteiger partial charge on any atom is 0.311 e. The standard InChI is InChI=1S/C14H20N4O2/c15-13-6-5-12(18(19)20)14(16-13)17-8-7-10-3-1-2-4-11(10)9-17/h5-6,10-11H,1-4,7-9H2,(H2,15,16). The van der Waals surface area contributed by atoms with Crippen molar-refractivity contribution in [1.82, 2.24) is 4.98 Å². The van der Waals surface area contributed by atoms with E-state index in [-0.39, 0.29) is 10.6 Å². The van der Waals surface area contributed by atoms with Gasteiger partial charge in [0.1, 0.15) is 5.82 Å². The predicted molar refractivity (Wildman–Crippen MR) is 77.6 cm³/mol. The van der Waals surface area contributed by atoms with Crippen LogP contribution in [0.25, 0.3) is 0 Å². The summed E-state index contributed by atoms with van der Waals surface area (Å²) in [5.74, 6) is 2.23. The Balaban J connectivity index is 1.85. The summed E-state index contributed by atoms with van der Waals surface area (Å²) in [6.07, 6.45) is 6.26. The number of nitrogens with zero attached hydrogens (tertiary/aromatic N) is 3. The zero-order valence-electron chi connectivity index (χ0n) is 11.5. The lowest BCUT2D eigenvalue weighted by Gasteiger charge is -2.41. The van der Waals surface area contributed by atoms with E-state index in [0.717, 1.165) is 25.4 Å². The lowest BCUT2D eigenvalue weighted by atomic mass is 9.75. The minimum Gasteiger partial charge on any atom is -0.384 e. The Bertz CT molecular complexity index is 520. The van der Waals surface area contributed by atoms with E-state index in [0.29, 0.717) is 17.6 Å². The van der Waals surface area contributed by atoms with Crippen LogP contribution < -0.4 is 10.6 Å². The van der Waals surface area contributed by atoms with E-state index in [1.807, 2.05) is 0 Å². The molecule has 2 atom stereocenters. The number of nitro groups is 1. The number of aromatic nitrogens is 1. The first-order chi connectivity index (χ1) is 9.65. The third kappa shape index (κ3) is 2.42. The van der Waals surface area contributed by atoms with Gasteiger partial charge in [-0.3, -0.25) is 10.1 Å². The van der Waals surface area contributed by atoms with Gasteiger partial charge >= 0.3 is 5.69 Å². The Kier molecular flexibility index (Phi) is 3.46. The summed E-state index contributed by atoms with van der Waals surface area (Å²) in [6, 6.07) is 2.96. The normalized spacial score (nSPS) is 26.1. The Morgan fingerprint density at radius 1 is 1.25 bits per heavy atom. The molecule has 1 aromatic rings. The van der Waals surface area contributed by atoms with E-state index in [1.54, 1.807) is 0 Å². The average molecular weight is 276 g/mol. The Hall–Kier alpha value is -1.85. The summed E-state index contributed by atoms with van der Waals surface area (Å²) >= 11 is 0. The van der Waals surface area contributed by atoms with Crippen LogP contribution in [0.15, 0.2) is 12.1 Å². The van der Waals surface area contributed by atoms with Gasteiger partial charge in [0.05, 0.1) is 4.92 Å². The minimum absolute atomic E-state index is 0.0634. The molecular weight excluding hydrogens is 256 g/mol. The summed E-state index contributed by atoms with van der Waals surface area (Å²) in [7, 11) is 0. The smallest absolute Gasteiger partial charge is 0.311 e. The molecule has 6 nitrogen and oxygen atoms in total. The van der Waals surface area contributed by atoms with E-state index in [2.05, 4.69) is 9.88 Å². The third-order valence-electron chi connectivity index (χ3n) is 4.66. The molecule has 0 amide bonds. The molecule has 1 aliphatic carbocycles. The molecule has 0 spiro atoms. The molecule has 2 heterocycles. The van der Waals surface area contributed by atoms with Gasteiger partial charge in [0.25, 0.3) is 0 Å². The number of anilines is 2. The van der Waals surface area contributed by atoms with Gasteiger partial charge in [0.2, 0.25) is 5.82 Å². The highest BCUT2D eigenvalue weighted by atomic mass is 16.6. The van der Waals surface area contributed by atoms with Gasteiger partial charge in [-0.2, -0.15) is 0 Å². The van der Waals surface area contributed by atoms with E-state index >= 15 is 0 Å². The Morgan fingerprint density at radius 3 is 2.75 bits per heavy atom. The molecular formula is C14H20N4O2. The first-order valence-electron chi connectivity index (χ1n) is 7.31. The van der Waals surface area contributed by atoms with Gasteiger partial charge < -0.3 is 10.6 Å². The summed E-state index contributed by atoms with van der Waals surface area (Å²) in [5.41, 5.74) is 5.77. The largest absolute Gasteiger partial charge is 0.384 e. The second kappa shape index (κ2) is 5.26. The van der Waals surface area contributed by atoms with Crippen LogP contribution in [0.5, 0.6) is 0 Å². The molecule has 1 saturated carbocycles. The topological polar surface area (TPSA) is 85.3 Å². The van der Waals surface area contributed by atoms with Crippen molar-refractivity contribution in [2.75, 3.05) is 23.7 Å². The number of nitrogen functional groups attached to an aromatic ring is 1. The van der Waals surface area contributed by atoms with Gasteiger partial charge in [-0.05, 0) is 30.7 Å². The lowest BCUT2D eigenvalue weighted by molar-refractivity contribution is -0.384. The second-order valence-corrected chi connectivity index (χ2v) is 5.88. The number of hydrogen-bond donors (Lipinski definition) is 1. The third-order valence-corrected chi connectivity index (χ3v) is 4.66. The fourth-order valence-electron chi connectivity index (χ4n) is 3.62. The van der Waals surface area contributed by atoms with E-state index in [9.17, 15) is 10.1 Å². The molecule has 1 saturated heterocycles. The lowest BCUT2D eigenvalue weighted by Crippen LogP contribution is -2.42. The molecule has 2 unspecified atom stereocenters. The SMILES string of the molecule is Nc1ccc([N+](=O)[O-])c(N2CCC3CCCCC3C2)n1. The number of hydrogen-bond acceptors (Lipinski definition) is 5. The summed E-state index contributed by atoms with van der Waals surface area (Å²) in [4.78, 5) is 17.1. The van der Waals surface area contributed by atoms with Crippen molar-refractivity contribution in [2.24, 2.45) is 11.8 Å². The van der Waals surface area contributed by atoms with Crippen LogP contribution in [0.1, 0.15) is 32.1 Å². The van der Waals surface area contributed by atoms with Crippen molar-refractivity contribution in [3.05, 3.63) is 22.2 Å². The zero-order valence-corrected chi connectivity index (χ0v) is 11.5. The zero-order chi connectivity index (χ0) is 14.1. The molecule has 20 heavy (non-hydrogen) atoms. The first-order valence-corrected chi connectivity index (χ1v) is 7.31. The number of nitrogens with two attached hydrogens (primary N) is 1. The molecule has 0 aromatic carbocycles. The summed E-state index contributed by atoms with van der Waals surface area (Å²) < 4.78 is 0. The van der Waals surface area contributed by atoms with Crippen LogP contribution >= 0.6 is 0 Å². The molecule has 2 aliphatic rings. The Morgan fingerprint density at radius 2 is 2.00 bits per heavy atom. The first kappa shape index (κ1) is 13.1. The van der Waals surface area contributed by atoms with Crippen LogP contribution in [-0.2, 0) is 0 Å². The minimum atomic E-state index is -0.366. The molecule has 2 fully saturated rings. The van der Waals surface area contributed by atoms with Crippen LogP contribution in [0.4, 0.5) is 17.3 Å². The van der Waals surface area contributed by atoms with Gasteiger partial charge in [-0.25, -0.2) is 4.98 Å². The van der Waals surface area contributed by atoms with Crippen LogP contribution in [0, 0.1) is 22.0 Å². The molecule has 1 aliphatic heterocycles. The van der Waals surface area contributed by atoms with Crippen molar-refractivity contribution < 1.29 is 4.92 Å². The van der Waals surface area contributed by atoms with E-state index < -0.39 is 0 Å². The van der Waals surface area contributed by atoms with Crippen molar-refractivity contribution in [2.45, 2.75) is 32.1 Å². The molecule has 0 radical (unpaired) electrons. The molecule has 108 valence electrons. The van der Waals surface area contributed by atoms with Crippen molar-refractivity contribution in [1.29, 1.82) is 0 Å². The van der Waals surface area contributed by atoms with E-state index in [1.165, 1.54) is 37.8 Å². The van der Waals surface area contributed by atoms with Crippen LogP contribution in [0.2, 0.25) is 0 Å². The maximum atomic E-state index is 11.2. The monoisotopic (exact) mass is 276 g/mol. The highest BCUT2D eigenvalue weighted by Crippen LogP contribution is 2.39. The van der Waals surface area contributed by atoms with Gasteiger partial charge in [0.15, 0.2) is 0 Å².